The van der Waals surface area contributed by atoms with Gasteiger partial charge in [0.1, 0.15) is 12.0 Å². The second kappa shape index (κ2) is 16.4. The lowest BCUT2D eigenvalue weighted by molar-refractivity contribution is 0.674. The molecule has 0 radical (unpaired) electrons. The predicted octanol–water partition coefficient (Wildman–Crippen LogP) is 15.4. The lowest BCUT2D eigenvalue weighted by Gasteiger charge is -2.24. The van der Waals surface area contributed by atoms with Gasteiger partial charge < -0.3 is 14.5 Å². The predicted molar refractivity (Wildman–Crippen MR) is 283 cm³/mol. The first kappa shape index (κ1) is 39.3. The first-order chi connectivity index (χ1) is 33.7. The zero-order valence-electron chi connectivity index (χ0n) is 37.0. The molecule has 5 heteroatoms. The van der Waals surface area contributed by atoms with Crippen molar-refractivity contribution in [2.24, 2.45) is 9.98 Å². The van der Waals surface area contributed by atoms with E-state index in [0.717, 1.165) is 72.8 Å². The van der Waals surface area contributed by atoms with Crippen molar-refractivity contribution >= 4 is 55.3 Å². The number of aliphatic imine (C=N–C) groups is 2. The van der Waals surface area contributed by atoms with Crippen LogP contribution in [0.4, 0.5) is 0 Å². The Balaban J connectivity index is 1.02. The van der Waals surface area contributed by atoms with E-state index in [1.165, 1.54) is 38.1 Å². The van der Waals surface area contributed by atoms with E-state index in [-0.39, 0.29) is 6.17 Å². The van der Waals surface area contributed by atoms with Crippen LogP contribution < -0.4 is 5.32 Å². The summed E-state index contributed by atoms with van der Waals surface area (Å²) in [5, 5.41) is 8.60. The van der Waals surface area contributed by atoms with Crippen molar-refractivity contribution in [2.75, 3.05) is 0 Å². The molecule has 0 aliphatic carbocycles. The molecule has 1 N–H and O–H groups in total. The lowest BCUT2D eigenvalue weighted by Crippen LogP contribution is -2.33. The Hall–Kier alpha value is -9.06. The van der Waals surface area contributed by atoms with E-state index in [4.69, 9.17) is 9.98 Å². The molecule has 1 unspecified atom stereocenters. The normalized spacial score (nSPS) is 13.7. The van der Waals surface area contributed by atoms with Crippen LogP contribution in [0.15, 0.2) is 259 Å². The van der Waals surface area contributed by atoms with Gasteiger partial charge in [0, 0.05) is 38.2 Å². The summed E-state index contributed by atoms with van der Waals surface area (Å²) < 4.78 is 4.89. The molecule has 1 aliphatic heterocycles. The largest absolute Gasteiger partial charge is 0.344 e. The van der Waals surface area contributed by atoms with Crippen molar-refractivity contribution < 1.29 is 0 Å². The number of rotatable bonds is 8. The second-order valence-corrected chi connectivity index (χ2v) is 17.4. The zero-order valence-corrected chi connectivity index (χ0v) is 37.0. The number of aromatic nitrogens is 2. The topological polar surface area (TPSA) is 46.6 Å². The molecular formula is C63H43N5. The minimum absolute atomic E-state index is 0.387. The molecular weight excluding hydrogens is 827 g/mol. The first-order valence-corrected chi connectivity index (χ1v) is 23.2. The summed E-state index contributed by atoms with van der Waals surface area (Å²) in [5.74, 6) is 1.43. The van der Waals surface area contributed by atoms with Gasteiger partial charge in [0.05, 0.1) is 33.4 Å². The molecule has 13 rings (SSSR count). The SMILES string of the molecule is c1ccc(-c2ccc(C3N=C(c4ccc(-c5ccccc5)c(-n5c6ccccc6c6c(-n7c8ccccc8c8ccccc87)cccc65)c4)N=C(c4cccc(-c5ccccc5)c4)N3)cc2)cc1. The molecule has 0 amide bonds. The van der Waals surface area contributed by atoms with Gasteiger partial charge in [-0.1, -0.05) is 206 Å². The summed E-state index contributed by atoms with van der Waals surface area (Å²) in [7, 11) is 0. The third-order valence-electron chi connectivity index (χ3n) is 13.4. The number of fused-ring (bicyclic) bond motifs is 6. The number of nitrogens with zero attached hydrogens (tertiary/aromatic N) is 4. The van der Waals surface area contributed by atoms with E-state index < -0.39 is 0 Å². The minimum Gasteiger partial charge on any atom is -0.344 e. The van der Waals surface area contributed by atoms with Crippen molar-refractivity contribution in [1.82, 2.24) is 14.5 Å². The molecule has 0 saturated heterocycles. The zero-order chi connectivity index (χ0) is 45.0. The van der Waals surface area contributed by atoms with Crippen LogP contribution in [-0.2, 0) is 0 Å². The Morgan fingerprint density at radius 3 is 1.50 bits per heavy atom. The monoisotopic (exact) mass is 869 g/mol. The van der Waals surface area contributed by atoms with E-state index in [2.05, 4.69) is 263 Å². The van der Waals surface area contributed by atoms with Gasteiger partial charge >= 0.3 is 0 Å². The van der Waals surface area contributed by atoms with E-state index >= 15 is 0 Å². The highest BCUT2D eigenvalue weighted by Crippen LogP contribution is 2.42. The molecule has 3 heterocycles. The Morgan fingerprint density at radius 1 is 0.338 bits per heavy atom. The minimum atomic E-state index is -0.387. The van der Waals surface area contributed by atoms with Crippen LogP contribution in [0.1, 0.15) is 22.9 Å². The molecule has 1 aliphatic rings. The van der Waals surface area contributed by atoms with E-state index in [9.17, 15) is 0 Å². The first-order valence-electron chi connectivity index (χ1n) is 23.2. The molecule has 0 saturated carbocycles. The summed E-state index contributed by atoms with van der Waals surface area (Å²) in [4.78, 5) is 10.8. The summed E-state index contributed by atoms with van der Waals surface area (Å²) in [6.07, 6.45) is -0.387. The average molecular weight is 870 g/mol. The van der Waals surface area contributed by atoms with Crippen LogP contribution in [0.3, 0.4) is 0 Å². The summed E-state index contributed by atoms with van der Waals surface area (Å²) >= 11 is 0. The fraction of sp³-hybridized carbons (Fsp3) is 0.0159. The van der Waals surface area contributed by atoms with Crippen molar-refractivity contribution in [2.45, 2.75) is 6.17 Å². The van der Waals surface area contributed by atoms with E-state index in [1.807, 2.05) is 0 Å². The van der Waals surface area contributed by atoms with Gasteiger partial charge in [0.15, 0.2) is 5.84 Å². The van der Waals surface area contributed by atoms with Crippen LogP contribution in [0, 0.1) is 0 Å². The number of benzene rings is 10. The van der Waals surface area contributed by atoms with Gasteiger partial charge in [-0.15, -0.1) is 0 Å². The molecule has 68 heavy (non-hydrogen) atoms. The highest BCUT2D eigenvalue weighted by molar-refractivity contribution is 6.17. The quantitative estimate of drug-likeness (QED) is 0.162. The summed E-state index contributed by atoms with van der Waals surface area (Å²) in [5.41, 5.74) is 16.6. The smallest absolute Gasteiger partial charge is 0.159 e. The van der Waals surface area contributed by atoms with Crippen LogP contribution >= 0.6 is 0 Å². The molecule has 0 fully saturated rings. The van der Waals surface area contributed by atoms with E-state index in [1.54, 1.807) is 0 Å². The third-order valence-corrected chi connectivity index (χ3v) is 13.4. The standard InChI is InChI=1S/C63H43N5/c1-4-18-42(19-5-1)44-34-36-46(37-35-44)61-64-62(48-25-16-24-47(40-48)43-20-6-2-7-21-43)66-63(65-61)49-38-39-50(45-22-8-3-9-23-45)59(41-49)68-56-31-15-12-28-53(56)60-57(32-17-33-58(60)68)67-54-29-13-10-26-51(54)52-27-11-14-30-55(52)67/h1-41,61H,(H,64,65,66). The molecule has 0 bridgehead atoms. The Morgan fingerprint density at radius 2 is 0.824 bits per heavy atom. The van der Waals surface area contributed by atoms with Crippen molar-refractivity contribution in [3.63, 3.8) is 0 Å². The van der Waals surface area contributed by atoms with Gasteiger partial charge in [-0.25, -0.2) is 9.98 Å². The molecule has 10 aromatic carbocycles. The van der Waals surface area contributed by atoms with Crippen molar-refractivity contribution in [3.8, 4) is 44.8 Å². The Kier molecular flexibility index (Phi) is 9.50. The van der Waals surface area contributed by atoms with Crippen LogP contribution in [0.2, 0.25) is 0 Å². The van der Waals surface area contributed by atoms with Gasteiger partial charge in [0.25, 0.3) is 0 Å². The molecule has 5 nitrogen and oxygen atoms in total. The number of amidine groups is 2. The number of hydrogen-bond donors (Lipinski definition) is 1. The molecule has 1 atom stereocenters. The number of hydrogen-bond acceptors (Lipinski definition) is 3. The summed E-state index contributed by atoms with van der Waals surface area (Å²) in [6.45, 7) is 0. The average Bonchev–Trinajstić information content (AvgIpc) is 3.95. The highest BCUT2D eigenvalue weighted by atomic mass is 15.2. The van der Waals surface area contributed by atoms with Gasteiger partial charge in [-0.3, -0.25) is 0 Å². The third kappa shape index (κ3) is 6.71. The van der Waals surface area contributed by atoms with Crippen molar-refractivity contribution in [3.05, 3.63) is 265 Å². The lowest BCUT2D eigenvalue weighted by atomic mass is 9.99. The molecule has 12 aromatic rings. The van der Waals surface area contributed by atoms with Crippen LogP contribution in [0.25, 0.3) is 88.4 Å². The Bertz CT molecular complexity index is 3860. The molecule has 0 spiro atoms. The maximum Gasteiger partial charge on any atom is 0.159 e. The van der Waals surface area contributed by atoms with E-state index in [0.29, 0.717) is 5.84 Å². The van der Waals surface area contributed by atoms with Gasteiger partial charge in [-0.2, -0.15) is 0 Å². The number of para-hydroxylation sites is 3. The molecule has 2 aromatic heterocycles. The van der Waals surface area contributed by atoms with Gasteiger partial charge in [-0.05, 0) is 75.8 Å². The Labute approximate surface area is 394 Å². The number of nitrogens with one attached hydrogen (secondary N) is 1. The fourth-order valence-corrected chi connectivity index (χ4v) is 10.2. The maximum atomic E-state index is 5.44. The van der Waals surface area contributed by atoms with Gasteiger partial charge in [0.2, 0.25) is 0 Å². The van der Waals surface area contributed by atoms with Crippen molar-refractivity contribution in [1.29, 1.82) is 0 Å². The maximum absolute atomic E-state index is 5.44. The highest BCUT2D eigenvalue weighted by Gasteiger charge is 2.25. The molecule has 320 valence electrons. The van der Waals surface area contributed by atoms with Crippen LogP contribution in [-0.4, -0.2) is 20.8 Å². The second-order valence-electron chi connectivity index (χ2n) is 17.4. The summed E-state index contributed by atoms with van der Waals surface area (Å²) in [6, 6.07) is 88.8. The van der Waals surface area contributed by atoms with Crippen LogP contribution in [0.5, 0.6) is 0 Å². The fourth-order valence-electron chi connectivity index (χ4n) is 10.2.